The van der Waals surface area contributed by atoms with E-state index in [0.29, 0.717) is 12.5 Å². The van der Waals surface area contributed by atoms with Gasteiger partial charge in [-0.25, -0.2) is 0 Å². The van der Waals surface area contributed by atoms with Crippen LogP contribution in [-0.2, 0) is 18.3 Å². The molecule has 1 rings (SSSR count). The Morgan fingerprint density at radius 1 is 1.04 bits per heavy atom. The smallest absolute Gasteiger partial charge is 0.249 e. The van der Waals surface area contributed by atoms with Crippen LogP contribution < -0.4 is 0 Å². The summed E-state index contributed by atoms with van der Waals surface area (Å²) >= 11 is 0. The van der Waals surface area contributed by atoms with Crippen LogP contribution in [0.3, 0.4) is 0 Å². The van der Waals surface area contributed by atoms with E-state index < -0.39 is 16.6 Å². The molecule has 0 saturated carbocycles. The molecule has 6 heteroatoms. The summed E-state index contributed by atoms with van der Waals surface area (Å²) in [6.07, 6.45) is 1.61. The topological polar surface area (TPSA) is 36.9 Å². The van der Waals surface area contributed by atoms with E-state index in [4.69, 9.17) is 18.3 Å². The monoisotopic (exact) mass is 430 g/mol. The van der Waals surface area contributed by atoms with E-state index in [-0.39, 0.29) is 28.4 Å². The molecule has 0 aromatic rings. The quantitative estimate of drug-likeness (QED) is 0.323. The average molecular weight is 431 g/mol. The van der Waals surface area contributed by atoms with Gasteiger partial charge in [-0.15, -0.1) is 0 Å². The molecule has 4 nitrogen and oxygen atoms in total. The highest BCUT2D eigenvalue weighted by atomic mass is 28.4. The van der Waals surface area contributed by atoms with E-state index in [0.717, 1.165) is 5.57 Å². The van der Waals surface area contributed by atoms with Crippen molar-refractivity contribution < 1.29 is 18.3 Å². The fourth-order valence-corrected chi connectivity index (χ4v) is 6.06. The van der Waals surface area contributed by atoms with Crippen LogP contribution in [0.4, 0.5) is 0 Å². The SMILES string of the molecule is CO[C@H]1O[C@H](CO[Si](C)(C)C(C)(C)C(C)C)/C(=C\O[Si](C)(C)C(C)(C)C)[C@@H]1C. The van der Waals surface area contributed by atoms with Crippen molar-refractivity contribution in [2.75, 3.05) is 13.7 Å². The number of methoxy groups -OCH3 is 1. The first-order valence-corrected chi connectivity index (χ1v) is 16.5. The molecule has 166 valence electrons. The Bertz CT molecular complexity index is 547. The van der Waals surface area contributed by atoms with E-state index in [2.05, 4.69) is 81.6 Å². The van der Waals surface area contributed by atoms with E-state index in [1.807, 2.05) is 6.26 Å². The lowest BCUT2D eigenvalue weighted by Crippen LogP contribution is -2.46. The average Bonchev–Trinajstić information content (AvgIpc) is 2.85. The van der Waals surface area contributed by atoms with Crippen LogP contribution in [0.5, 0.6) is 0 Å². The Hall–Kier alpha value is -0.146. The number of rotatable bonds is 8. The summed E-state index contributed by atoms with van der Waals surface area (Å²) in [5, 5.41) is 0.342. The van der Waals surface area contributed by atoms with Gasteiger partial charge >= 0.3 is 0 Å². The zero-order valence-corrected chi connectivity index (χ0v) is 22.7. The van der Waals surface area contributed by atoms with Crippen LogP contribution >= 0.6 is 0 Å². The lowest BCUT2D eigenvalue weighted by atomic mass is 9.99. The summed E-state index contributed by atoms with van der Waals surface area (Å²) in [4.78, 5) is 0. The second-order valence-corrected chi connectivity index (χ2v) is 20.6. The van der Waals surface area contributed by atoms with Gasteiger partial charge in [0.1, 0.15) is 6.10 Å². The minimum Gasteiger partial charge on any atom is -0.549 e. The van der Waals surface area contributed by atoms with Crippen molar-refractivity contribution in [1.82, 2.24) is 0 Å². The van der Waals surface area contributed by atoms with Crippen molar-refractivity contribution in [2.45, 2.75) is 104 Å². The van der Waals surface area contributed by atoms with Crippen LogP contribution in [0, 0.1) is 11.8 Å². The molecule has 0 aromatic heterocycles. The molecular formula is C22H46O4Si2. The van der Waals surface area contributed by atoms with Crippen molar-refractivity contribution in [1.29, 1.82) is 0 Å². The van der Waals surface area contributed by atoms with E-state index in [9.17, 15) is 0 Å². The molecule has 0 amide bonds. The molecule has 0 radical (unpaired) electrons. The number of hydrogen-bond donors (Lipinski definition) is 0. The molecule has 1 aliphatic rings. The second kappa shape index (κ2) is 8.92. The van der Waals surface area contributed by atoms with E-state index in [1.165, 1.54) is 0 Å². The Morgan fingerprint density at radius 3 is 2.00 bits per heavy atom. The highest BCUT2D eigenvalue weighted by Crippen LogP contribution is 2.45. The first-order valence-electron chi connectivity index (χ1n) is 10.7. The van der Waals surface area contributed by atoms with Crippen molar-refractivity contribution >= 4 is 16.6 Å². The van der Waals surface area contributed by atoms with Crippen LogP contribution in [0.15, 0.2) is 11.8 Å². The Morgan fingerprint density at radius 2 is 1.57 bits per heavy atom. The standard InChI is InChI=1S/C22H46O4Si2/c1-16(2)22(7,8)28(12,13)25-15-19-18(17(3)20(23-9)26-19)14-24-27(10,11)21(4,5)6/h14,16-17,19-20H,15H2,1-13H3/b18-14-/t17-,19+,20-/m0/s1. The van der Waals surface area contributed by atoms with Crippen LogP contribution in [-0.4, -0.2) is 42.7 Å². The van der Waals surface area contributed by atoms with Crippen molar-refractivity contribution in [2.24, 2.45) is 11.8 Å². The summed E-state index contributed by atoms with van der Waals surface area (Å²) < 4.78 is 24.8. The summed E-state index contributed by atoms with van der Waals surface area (Å²) in [6, 6.07) is 0. The summed E-state index contributed by atoms with van der Waals surface area (Å²) in [5.74, 6) is 0.729. The Balaban J connectivity index is 3.01. The molecule has 1 fully saturated rings. The molecule has 0 spiro atoms. The highest BCUT2D eigenvalue weighted by Gasteiger charge is 2.46. The number of ether oxygens (including phenoxy) is 2. The summed E-state index contributed by atoms with van der Waals surface area (Å²) in [7, 11) is -2.08. The fraction of sp³-hybridized carbons (Fsp3) is 0.909. The van der Waals surface area contributed by atoms with E-state index >= 15 is 0 Å². The Kier molecular flexibility index (Phi) is 8.25. The molecule has 0 unspecified atom stereocenters. The predicted molar refractivity (Wildman–Crippen MR) is 124 cm³/mol. The first-order chi connectivity index (χ1) is 12.5. The maximum absolute atomic E-state index is 6.58. The van der Waals surface area contributed by atoms with Crippen molar-refractivity contribution in [3.8, 4) is 0 Å². The van der Waals surface area contributed by atoms with Gasteiger partial charge in [-0.1, -0.05) is 55.4 Å². The maximum Gasteiger partial charge on any atom is 0.249 e. The minimum absolute atomic E-state index is 0.112. The number of hydrogen-bond acceptors (Lipinski definition) is 4. The molecule has 1 aliphatic heterocycles. The first kappa shape index (κ1) is 25.9. The largest absolute Gasteiger partial charge is 0.549 e. The molecule has 28 heavy (non-hydrogen) atoms. The third kappa shape index (κ3) is 5.51. The third-order valence-electron chi connectivity index (χ3n) is 7.72. The van der Waals surface area contributed by atoms with Crippen molar-refractivity contribution in [3.05, 3.63) is 11.8 Å². The van der Waals surface area contributed by atoms with Gasteiger partial charge in [0.2, 0.25) is 8.32 Å². The van der Waals surface area contributed by atoms with Crippen LogP contribution in [0.25, 0.3) is 0 Å². The lowest BCUT2D eigenvalue weighted by Gasteiger charge is -2.43. The molecule has 0 bridgehead atoms. The molecule has 3 atom stereocenters. The fourth-order valence-electron chi connectivity index (χ4n) is 2.94. The van der Waals surface area contributed by atoms with Gasteiger partial charge in [0, 0.05) is 18.6 Å². The van der Waals surface area contributed by atoms with Gasteiger partial charge in [-0.3, -0.25) is 0 Å². The predicted octanol–water partition coefficient (Wildman–Crippen LogP) is 6.56. The second-order valence-electron chi connectivity index (χ2n) is 11.2. The third-order valence-corrected chi connectivity index (χ3v) is 16.6. The molecule has 1 heterocycles. The zero-order chi connectivity index (χ0) is 22.1. The highest BCUT2D eigenvalue weighted by molar-refractivity contribution is 6.74. The summed E-state index contributed by atoms with van der Waals surface area (Å²) in [5.41, 5.74) is 1.16. The molecule has 0 aromatic carbocycles. The lowest BCUT2D eigenvalue weighted by molar-refractivity contribution is -0.134. The van der Waals surface area contributed by atoms with Crippen LogP contribution in [0.2, 0.25) is 36.3 Å². The van der Waals surface area contributed by atoms with Crippen molar-refractivity contribution in [3.63, 3.8) is 0 Å². The molecular weight excluding hydrogens is 384 g/mol. The Labute approximate surface area is 176 Å². The van der Waals surface area contributed by atoms with Gasteiger partial charge in [-0.2, -0.15) is 0 Å². The molecule has 0 aliphatic carbocycles. The van der Waals surface area contributed by atoms with Crippen LogP contribution in [0.1, 0.15) is 55.4 Å². The van der Waals surface area contributed by atoms with E-state index in [1.54, 1.807) is 7.11 Å². The minimum atomic E-state index is -1.92. The molecule has 0 N–H and O–H groups in total. The van der Waals surface area contributed by atoms with Gasteiger partial charge in [0.05, 0.1) is 12.9 Å². The van der Waals surface area contributed by atoms with Gasteiger partial charge in [0.25, 0.3) is 0 Å². The van der Waals surface area contributed by atoms with Gasteiger partial charge in [0.15, 0.2) is 14.6 Å². The zero-order valence-electron chi connectivity index (χ0n) is 20.7. The summed E-state index contributed by atoms with van der Waals surface area (Å²) in [6.45, 7) is 27.9. The normalized spacial score (nSPS) is 26.4. The molecule has 1 saturated heterocycles. The maximum atomic E-state index is 6.58. The van der Waals surface area contributed by atoms with Gasteiger partial charge in [-0.05, 0) is 42.2 Å². The van der Waals surface area contributed by atoms with Gasteiger partial charge < -0.3 is 18.3 Å².